The topological polar surface area (TPSA) is 89.1 Å². The predicted octanol–water partition coefficient (Wildman–Crippen LogP) is 4.02. The van der Waals surface area contributed by atoms with Crippen molar-refractivity contribution in [1.29, 1.82) is 0 Å². The van der Waals surface area contributed by atoms with E-state index in [1.54, 1.807) is 32.4 Å². The molecule has 1 aliphatic carbocycles. The highest BCUT2D eigenvalue weighted by molar-refractivity contribution is 6.02. The molecule has 0 aliphatic heterocycles. The van der Waals surface area contributed by atoms with Crippen molar-refractivity contribution in [2.24, 2.45) is 0 Å². The lowest BCUT2D eigenvalue weighted by Gasteiger charge is -2.07. The second kappa shape index (κ2) is 8.18. The number of benzene rings is 2. The van der Waals surface area contributed by atoms with Crippen LogP contribution in [0, 0.1) is 0 Å². The number of anilines is 1. The van der Waals surface area contributed by atoms with Crippen molar-refractivity contribution in [2.75, 3.05) is 19.5 Å². The Morgan fingerprint density at radius 3 is 2.62 bits per heavy atom. The molecule has 1 heterocycles. The smallest absolute Gasteiger partial charge is 0.248 e. The molecule has 0 saturated heterocycles. The molecule has 0 bridgehead atoms. The average Bonchev–Trinajstić information content (AvgIpc) is 3.49. The Labute approximate surface area is 168 Å². The van der Waals surface area contributed by atoms with E-state index in [-0.39, 0.29) is 5.91 Å². The Morgan fingerprint density at radius 2 is 1.93 bits per heavy atom. The molecule has 0 radical (unpaired) electrons. The van der Waals surface area contributed by atoms with Gasteiger partial charge in [0.2, 0.25) is 5.91 Å². The molecule has 148 valence electrons. The molecule has 29 heavy (non-hydrogen) atoms. The van der Waals surface area contributed by atoms with Gasteiger partial charge in [0.25, 0.3) is 0 Å². The first-order chi connectivity index (χ1) is 14.2. The third-order valence-corrected chi connectivity index (χ3v) is 4.73. The van der Waals surface area contributed by atoms with Gasteiger partial charge in [0.1, 0.15) is 17.3 Å². The highest BCUT2D eigenvalue weighted by atomic mass is 16.5. The van der Waals surface area contributed by atoms with Crippen LogP contribution in [0.3, 0.4) is 0 Å². The molecule has 3 aromatic rings. The lowest BCUT2D eigenvalue weighted by atomic mass is 10.1. The van der Waals surface area contributed by atoms with Gasteiger partial charge < -0.3 is 14.8 Å². The van der Waals surface area contributed by atoms with E-state index in [0.29, 0.717) is 28.9 Å². The Hall–Kier alpha value is -3.61. The maximum absolute atomic E-state index is 12.3. The number of rotatable bonds is 7. The fraction of sp³-hybridized carbons (Fsp3) is 0.227. The second-order valence-corrected chi connectivity index (χ2v) is 6.83. The molecule has 1 amide bonds. The van der Waals surface area contributed by atoms with Gasteiger partial charge in [-0.15, -0.1) is 0 Å². The zero-order valence-electron chi connectivity index (χ0n) is 16.3. The van der Waals surface area contributed by atoms with Gasteiger partial charge in [-0.25, -0.2) is 4.98 Å². The maximum Gasteiger partial charge on any atom is 0.248 e. The zero-order chi connectivity index (χ0) is 20.2. The van der Waals surface area contributed by atoms with Crippen LogP contribution in [0.4, 0.5) is 5.69 Å². The predicted molar refractivity (Wildman–Crippen MR) is 111 cm³/mol. The normalized spacial score (nSPS) is 13.4. The summed E-state index contributed by atoms with van der Waals surface area (Å²) in [4.78, 5) is 16.8. The zero-order valence-corrected chi connectivity index (χ0v) is 16.3. The van der Waals surface area contributed by atoms with E-state index < -0.39 is 0 Å². The van der Waals surface area contributed by atoms with Gasteiger partial charge in [-0.3, -0.25) is 9.89 Å². The molecule has 0 atom stereocenters. The first kappa shape index (κ1) is 18.7. The van der Waals surface area contributed by atoms with Crippen LogP contribution >= 0.6 is 0 Å². The van der Waals surface area contributed by atoms with E-state index in [4.69, 9.17) is 9.47 Å². The van der Waals surface area contributed by atoms with E-state index in [1.807, 2.05) is 30.3 Å². The van der Waals surface area contributed by atoms with Crippen LogP contribution in [-0.4, -0.2) is 35.3 Å². The molecule has 1 fully saturated rings. The fourth-order valence-electron chi connectivity index (χ4n) is 2.96. The van der Waals surface area contributed by atoms with E-state index >= 15 is 0 Å². The van der Waals surface area contributed by atoms with Crippen molar-refractivity contribution in [3.05, 3.63) is 59.9 Å². The Kier molecular flexibility index (Phi) is 5.29. The molecule has 4 rings (SSSR count). The molecule has 1 saturated carbocycles. The minimum atomic E-state index is -0.239. The molecule has 0 spiro atoms. The van der Waals surface area contributed by atoms with Crippen LogP contribution in [0.1, 0.15) is 30.1 Å². The summed E-state index contributed by atoms with van der Waals surface area (Å²) in [6, 6.07) is 12.9. The summed E-state index contributed by atoms with van der Waals surface area (Å²) in [7, 11) is 3.18. The van der Waals surface area contributed by atoms with Crippen LogP contribution in [0.25, 0.3) is 17.5 Å². The van der Waals surface area contributed by atoms with Gasteiger partial charge in [-0.2, -0.15) is 5.10 Å². The fourth-order valence-corrected chi connectivity index (χ4v) is 2.96. The number of methoxy groups -OCH3 is 2. The standard InChI is InChI=1S/C22H22N4O3/c1-28-18-10-11-19(29-2)16(13-18)7-12-20(27)23-17-8-5-15(6-9-17)22-24-21(25-26-22)14-3-4-14/h5-14H,3-4H2,1-2H3,(H,23,27)(H,24,25,26)/b12-7+. The maximum atomic E-state index is 12.3. The van der Waals surface area contributed by atoms with Crippen molar-refractivity contribution in [1.82, 2.24) is 15.2 Å². The van der Waals surface area contributed by atoms with Crippen LogP contribution in [-0.2, 0) is 4.79 Å². The summed E-state index contributed by atoms with van der Waals surface area (Å²) in [6.45, 7) is 0. The molecule has 1 aliphatic rings. The molecule has 7 nitrogen and oxygen atoms in total. The number of hydrogen-bond donors (Lipinski definition) is 2. The van der Waals surface area contributed by atoms with Gasteiger partial charge in [-0.1, -0.05) is 0 Å². The first-order valence-electron chi connectivity index (χ1n) is 9.40. The van der Waals surface area contributed by atoms with Crippen LogP contribution < -0.4 is 14.8 Å². The molecule has 7 heteroatoms. The summed E-state index contributed by atoms with van der Waals surface area (Å²) in [5.74, 6) is 3.28. The summed E-state index contributed by atoms with van der Waals surface area (Å²) < 4.78 is 10.5. The van der Waals surface area contributed by atoms with Crippen molar-refractivity contribution < 1.29 is 14.3 Å². The summed E-state index contributed by atoms with van der Waals surface area (Å²) >= 11 is 0. The van der Waals surface area contributed by atoms with Gasteiger partial charge >= 0.3 is 0 Å². The van der Waals surface area contributed by atoms with Crippen molar-refractivity contribution in [2.45, 2.75) is 18.8 Å². The molecule has 2 N–H and O–H groups in total. The number of carbonyl (C=O) groups excluding carboxylic acids is 1. The van der Waals surface area contributed by atoms with E-state index in [1.165, 1.54) is 18.9 Å². The average molecular weight is 390 g/mol. The van der Waals surface area contributed by atoms with Crippen LogP contribution in [0.5, 0.6) is 11.5 Å². The molecule has 2 aromatic carbocycles. The minimum Gasteiger partial charge on any atom is -0.497 e. The highest BCUT2D eigenvalue weighted by Gasteiger charge is 2.27. The number of H-pyrrole nitrogens is 1. The third-order valence-electron chi connectivity index (χ3n) is 4.73. The van der Waals surface area contributed by atoms with Crippen LogP contribution in [0.2, 0.25) is 0 Å². The van der Waals surface area contributed by atoms with E-state index in [2.05, 4.69) is 20.5 Å². The molecular formula is C22H22N4O3. The van der Waals surface area contributed by atoms with E-state index in [9.17, 15) is 4.79 Å². The van der Waals surface area contributed by atoms with Gasteiger partial charge in [0.05, 0.1) is 14.2 Å². The lowest BCUT2D eigenvalue weighted by Crippen LogP contribution is -2.07. The van der Waals surface area contributed by atoms with Crippen molar-refractivity contribution >= 4 is 17.7 Å². The molecule has 0 unspecified atom stereocenters. The Morgan fingerprint density at radius 1 is 1.14 bits per heavy atom. The largest absolute Gasteiger partial charge is 0.497 e. The quantitative estimate of drug-likeness (QED) is 0.595. The summed E-state index contributed by atoms with van der Waals surface area (Å²) in [5, 5.41) is 10.1. The van der Waals surface area contributed by atoms with Crippen molar-refractivity contribution in [3.63, 3.8) is 0 Å². The minimum absolute atomic E-state index is 0.239. The number of aromatic nitrogens is 3. The number of hydrogen-bond acceptors (Lipinski definition) is 5. The summed E-state index contributed by atoms with van der Waals surface area (Å²) in [5.41, 5.74) is 2.36. The Balaban J connectivity index is 1.41. The molecular weight excluding hydrogens is 368 g/mol. The SMILES string of the molecule is COc1ccc(OC)c(/C=C/C(=O)Nc2ccc(-c3n[nH]c(C4CC4)n3)cc2)c1. The number of nitrogens with one attached hydrogen (secondary N) is 2. The van der Waals surface area contributed by atoms with Crippen molar-refractivity contribution in [3.8, 4) is 22.9 Å². The third kappa shape index (κ3) is 4.45. The highest BCUT2D eigenvalue weighted by Crippen LogP contribution is 2.38. The number of aromatic amines is 1. The Bertz CT molecular complexity index is 1040. The van der Waals surface area contributed by atoms with Gasteiger partial charge in [-0.05, 0) is 61.4 Å². The van der Waals surface area contributed by atoms with Gasteiger partial charge in [0.15, 0.2) is 5.82 Å². The van der Waals surface area contributed by atoms with Gasteiger partial charge in [0, 0.05) is 28.8 Å². The number of carbonyl (C=O) groups is 1. The first-order valence-corrected chi connectivity index (χ1v) is 9.40. The molecule has 1 aromatic heterocycles. The van der Waals surface area contributed by atoms with Crippen LogP contribution in [0.15, 0.2) is 48.5 Å². The number of amides is 1. The number of nitrogens with zero attached hydrogens (tertiary/aromatic N) is 2. The lowest BCUT2D eigenvalue weighted by molar-refractivity contribution is -0.111. The second-order valence-electron chi connectivity index (χ2n) is 6.83. The van der Waals surface area contributed by atoms with E-state index in [0.717, 1.165) is 17.0 Å². The summed E-state index contributed by atoms with van der Waals surface area (Å²) in [6.07, 6.45) is 5.50. The number of ether oxygens (including phenoxy) is 2. The monoisotopic (exact) mass is 390 g/mol.